The van der Waals surface area contributed by atoms with E-state index in [2.05, 4.69) is 40.8 Å². The van der Waals surface area contributed by atoms with Crippen molar-refractivity contribution in [1.82, 2.24) is 9.78 Å². The van der Waals surface area contributed by atoms with Gasteiger partial charge in [0.1, 0.15) is 0 Å². The van der Waals surface area contributed by atoms with E-state index in [1.165, 1.54) is 4.88 Å². The molecule has 3 heteroatoms. The molecule has 2 nitrogen and oxygen atoms in total. The van der Waals surface area contributed by atoms with Crippen molar-refractivity contribution in [2.75, 3.05) is 0 Å². The average molecular weight is 240 g/mol. The minimum atomic E-state index is 1.04. The molecule has 17 heavy (non-hydrogen) atoms. The summed E-state index contributed by atoms with van der Waals surface area (Å²) in [5, 5.41) is 6.65. The number of aryl methyl sites for hydroxylation is 1. The Morgan fingerprint density at radius 3 is 2.59 bits per heavy atom. The van der Waals surface area contributed by atoms with Gasteiger partial charge in [0.2, 0.25) is 0 Å². The summed E-state index contributed by atoms with van der Waals surface area (Å²) in [5.41, 5.74) is 3.30. The van der Waals surface area contributed by atoms with Crippen molar-refractivity contribution >= 4 is 11.3 Å². The summed E-state index contributed by atoms with van der Waals surface area (Å²) in [7, 11) is 0. The highest BCUT2D eigenvalue weighted by atomic mass is 32.1. The van der Waals surface area contributed by atoms with Crippen molar-refractivity contribution < 1.29 is 0 Å². The van der Waals surface area contributed by atoms with Gasteiger partial charge in [-0.2, -0.15) is 5.10 Å². The third-order valence-corrected chi connectivity index (χ3v) is 3.50. The summed E-state index contributed by atoms with van der Waals surface area (Å²) < 4.78 is 2.00. The molecule has 0 saturated carbocycles. The third kappa shape index (κ3) is 1.89. The zero-order valence-corrected chi connectivity index (χ0v) is 10.3. The molecule has 84 valence electrons. The van der Waals surface area contributed by atoms with Crippen LogP contribution in [-0.4, -0.2) is 9.78 Å². The van der Waals surface area contributed by atoms with Crippen LogP contribution >= 0.6 is 11.3 Å². The highest BCUT2D eigenvalue weighted by Crippen LogP contribution is 2.27. The fourth-order valence-electron chi connectivity index (χ4n) is 1.87. The predicted molar refractivity (Wildman–Crippen MR) is 71.6 cm³/mol. The lowest BCUT2D eigenvalue weighted by atomic mass is 10.3. The van der Waals surface area contributed by atoms with Crippen molar-refractivity contribution in [3.8, 4) is 16.3 Å². The molecular formula is C14H12N2S. The first kappa shape index (κ1) is 10.3. The van der Waals surface area contributed by atoms with Gasteiger partial charge >= 0.3 is 0 Å². The third-order valence-electron chi connectivity index (χ3n) is 2.61. The van der Waals surface area contributed by atoms with Crippen LogP contribution in [0.4, 0.5) is 0 Å². The molecule has 0 aliphatic rings. The summed E-state index contributed by atoms with van der Waals surface area (Å²) in [6, 6.07) is 16.5. The SMILES string of the molecule is Cc1cc(-c2cccs2)n(-c2ccccc2)n1. The van der Waals surface area contributed by atoms with E-state index in [1.54, 1.807) is 11.3 Å². The lowest BCUT2D eigenvalue weighted by molar-refractivity contribution is 0.871. The second-order valence-electron chi connectivity index (χ2n) is 3.90. The van der Waals surface area contributed by atoms with Gasteiger partial charge in [-0.3, -0.25) is 0 Å². The van der Waals surface area contributed by atoms with Crippen molar-refractivity contribution in [3.05, 3.63) is 59.6 Å². The van der Waals surface area contributed by atoms with Gasteiger partial charge in [-0.15, -0.1) is 11.3 Å². The van der Waals surface area contributed by atoms with E-state index in [9.17, 15) is 0 Å². The van der Waals surface area contributed by atoms with Crippen LogP contribution in [0.15, 0.2) is 53.9 Å². The van der Waals surface area contributed by atoms with E-state index in [1.807, 2.05) is 29.8 Å². The normalized spacial score (nSPS) is 10.6. The van der Waals surface area contributed by atoms with Crippen LogP contribution in [-0.2, 0) is 0 Å². The number of hydrogen-bond acceptors (Lipinski definition) is 2. The van der Waals surface area contributed by atoms with Gasteiger partial charge in [-0.25, -0.2) is 4.68 Å². The minimum Gasteiger partial charge on any atom is -0.232 e. The molecule has 0 radical (unpaired) electrons. The first-order valence-corrected chi connectivity index (χ1v) is 6.38. The lowest BCUT2D eigenvalue weighted by Crippen LogP contribution is -1.97. The summed E-state index contributed by atoms with van der Waals surface area (Å²) in [4.78, 5) is 1.24. The molecule has 0 spiro atoms. The maximum atomic E-state index is 4.56. The van der Waals surface area contributed by atoms with E-state index in [4.69, 9.17) is 0 Å². The van der Waals surface area contributed by atoms with Crippen LogP contribution in [0.2, 0.25) is 0 Å². The Labute approximate surface area is 104 Å². The molecule has 0 amide bonds. The number of rotatable bonds is 2. The monoisotopic (exact) mass is 240 g/mol. The number of thiophene rings is 1. The molecule has 0 saturated heterocycles. The van der Waals surface area contributed by atoms with Gasteiger partial charge in [-0.05, 0) is 36.6 Å². The second kappa shape index (κ2) is 4.18. The predicted octanol–water partition coefficient (Wildman–Crippen LogP) is 3.91. The smallest absolute Gasteiger partial charge is 0.0843 e. The molecular weight excluding hydrogens is 228 g/mol. The van der Waals surface area contributed by atoms with Crippen LogP contribution in [0.5, 0.6) is 0 Å². The standard InChI is InChI=1S/C14H12N2S/c1-11-10-13(14-8-5-9-17-14)16(15-11)12-6-3-2-4-7-12/h2-10H,1H3. The summed E-state index contributed by atoms with van der Waals surface area (Å²) >= 11 is 1.74. The van der Waals surface area contributed by atoms with Gasteiger partial charge < -0.3 is 0 Å². The van der Waals surface area contributed by atoms with Gasteiger partial charge in [-0.1, -0.05) is 24.3 Å². The molecule has 3 aromatic rings. The van der Waals surface area contributed by atoms with Crippen LogP contribution in [0.3, 0.4) is 0 Å². The Morgan fingerprint density at radius 1 is 1.06 bits per heavy atom. The van der Waals surface area contributed by atoms with Crippen LogP contribution in [0.25, 0.3) is 16.3 Å². The largest absolute Gasteiger partial charge is 0.232 e. The lowest BCUT2D eigenvalue weighted by Gasteiger charge is -2.05. The Bertz CT molecular complexity index is 609. The summed E-state index contributed by atoms with van der Waals surface area (Å²) in [5.74, 6) is 0. The van der Waals surface area contributed by atoms with Gasteiger partial charge in [0, 0.05) is 0 Å². The molecule has 3 rings (SSSR count). The van der Waals surface area contributed by atoms with Crippen molar-refractivity contribution in [3.63, 3.8) is 0 Å². The van der Waals surface area contributed by atoms with E-state index in [-0.39, 0.29) is 0 Å². The highest BCUT2D eigenvalue weighted by molar-refractivity contribution is 7.13. The molecule has 0 fully saturated rings. The van der Waals surface area contributed by atoms with Crippen molar-refractivity contribution in [2.45, 2.75) is 6.92 Å². The molecule has 2 heterocycles. The van der Waals surface area contributed by atoms with Crippen LogP contribution in [0.1, 0.15) is 5.69 Å². The topological polar surface area (TPSA) is 17.8 Å². The Balaban J connectivity index is 2.18. The molecule has 0 N–H and O–H groups in total. The minimum absolute atomic E-state index is 1.04. The van der Waals surface area contributed by atoms with Crippen molar-refractivity contribution in [2.24, 2.45) is 0 Å². The fourth-order valence-corrected chi connectivity index (χ4v) is 2.59. The van der Waals surface area contributed by atoms with E-state index in [0.717, 1.165) is 17.1 Å². The molecule has 0 aliphatic carbocycles. The Morgan fingerprint density at radius 2 is 1.88 bits per heavy atom. The number of nitrogens with zero attached hydrogens (tertiary/aromatic N) is 2. The molecule has 0 aliphatic heterocycles. The first-order chi connectivity index (χ1) is 8.34. The maximum absolute atomic E-state index is 4.56. The van der Waals surface area contributed by atoms with Gasteiger partial charge in [0.25, 0.3) is 0 Å². The van der Waals surface area contributed by atoms with E-state index < -0.39 is 0 Å². The molecule has 0 atom stereocenters. The van der Waals surface area contributed by atoms with Crippen molar-refractivity contribution in [1.29, 1.82) is 0 Å². The van der Waals surface area contributed by atoms with E-state index in [0.29, 0.717) is 0 Å². The number of para-hydroxylation sites is 1. The maximum Gasteiger partial charge on any atom is 0.0843 e. The molecule has 0 bridgehead atoms. The second-order valence-corrected chi connectivity index (χ2v) is 4.84. The Kier molecular flexibility index (Phi) is 2.53. The molecule has 2 aromatic heterocycles. The highest BCUT2D eigenvalue weighted by Gasteiger charge is 2.09. The average Bonchev–Trinajstić information content (AvgIpc) is 2.98. The molecule has 1 aromatic carbocycles. The first-order valence-electron chi connectivity index (χ1n) is 5.50. The quantitative estimate of drug-likeness (QED) is 0.664. The Hall–Kier alpha value is -1.87. The number of aromatic nitrogens is 2. The fraction of sp³-hybridized carbons (Fsp3) is 0.0714. The number of hydrogen-bond donors (Lipinski definition) is 0. The molecule has 0 unspecified atom stereocenters. The zero-order chi connectivity index (χ0) is 11.7. The van der Waals surface area contributed by atoms with Crippen LogP contribution < -0.4 is 0 Å². The van der Waals surface area contributed by atoms with E-state index >= 15 is 0 Å². The van der Waals surface area contributed by atoms with Gasteiger partial charge in [0.15, 0.2) is 0 Å². The summed E-state index contributed by atoms with van der Waals surface area (Å²) in [6.45, 7) is 2.02. The zero-order valence-electron chi connectivity index (χ0n) is 9.50. The van der Waals surface area contributed by atoms with Gasteiger partial charge in [0.05, 0.1) is 22.0 Å². The number of benzene rings is 1. The summed E-state index contributed by atoms with van der Waals surface area (Å²) in [6.07, 6.45) is 0. The van der Waals surface area contributed by atoms with Crippen LogP contribution in [0, 0.1) is 6.92 Å².